The molecule has 1 unspecified atom stereocenters. The smallest absolute Gasteiger partial charge is 0.122 e. The van der Waals surface area contributed by atoms with Crippen molar-refractivity contribution >= 4 is 0 Å². The molecule has 90 valence electrons. The van der Waals surface area contributed by atoms with Crippen LogP contribution in [0.15, 0.2) is 22.8 Å². The Morgan fingerprint density at radius 2 is 2.06 bits per heavy atom. The van der Waals surface area contributed by atoms with Gasteiger partial charge in [0, 0.05) is 6.54 Å². The average Bonchev–Trinajstić information content (AvgIpc) is 2.69. The maximum atomic E-state index is 5.56. The fourth-order valence-electron chi connectivity index (χ4n) is 2.49. The number of likely N-dealkylation sites (N-methyl/N-ethyl adjacent to an activating group) is 1. The van der Waals surface area contributed by atoms with Gasteiger partial charge in [-0.2, -0.15) is 0 Å². The highest BCUT2D eigenvalue weighted by Crippen LogP contribution is 2.23. The number of likely N-dealkylation sites (tertiary alicyclic amines) is 1. The predicted octanol–water partition coefficient (Wildman–Crippen LogP) is 2.42. The van der Waals surface area contributed by atoms with Crippen LogP contribution < -0.4 is 5.32 Å². The van der Waals surface area contributed by atoms with E-state index in [2.05, 4.69) is 16.3 Å². The fraction of sp³-hybridized carbons (Fsp3) is 0.692. The van der Waals surface area contributed by atoms with Crippen LogP contribution >= 0.6 is 0 Å². The van der Waals surface area contributed by atoms with E-state index >= 15 is 0 Å². The summed E-state index contributed by atoms with van der Waals surface area (Å²) >= 11 is 0. The summed E-state index contributed by atoms with van der Waals surface area (Å²) in [6.45, 7) is 3.37. The molecule has 1 aliphatic rings. The van der Waals surface area contributed by atoms with Gasteiger partial charge in [0.2, 0.25) is 0 Å². The molecule has 0 aliphatic carbocycles. The molecule has 0 bridgehead atoms. The van der Waals surface area contributed by atoms with E-state index in [1.807, 2.05) is 13.1 Å². The molecule has 1 atom stereocenters. The molecular formula is C13H22N2O. The zero-order valence-corrected chi connectivity index (χ0v) is 10.1. The molecule has 16 heavy (non-hydrogen) atoms. The van der Waals surface area contributed by atoms with Gasteiger partial charge in [0.25, 0.3) is 0 Å². The van der Waals surface area contributed by atoms with E-state index in [0.29, 0.717) is 6.04 Å². The Morgan fingerprint density at radius 3 is 2.62 bits per heavy atom. The van der Waals surface area contributed by atoms with Gasteiger partial charge in [-0.3, -0.25) is 4.90 Å². The monoisotopic (exact) mass is 222 g/mol. The summed E-state index contributed by atoms with van der Waals surface area (Å²) < 4.78 is 5.56. The standard InChI is InChI=1S/C13H22N2O/c1-14-11-12(13-7-6-10-16-13)15-8-4-2-3-5-9-15/h6-7,10,12,14H,2-5,8-9,11H2,1H3. The highest BCUT2D eigenvalue weighted by molar-refractivity contribution is 5.05. The normalized spacial score (nSPS) is 20.6. The van der Waals surface area contributed by atoms with Crippen LogP contribution in [0.2, 0.25) is 0 Å². The number of nitrogens with one attached hydrogen (secondary N) is 1. The highest BCUT2D eigenvalue weighted by Gasteiger charge is 2.22. The van der Waals surface area contributed by atoms with Crippen molar-refractivity contribution in [2.45, 2.75) is 31.7 Å². The maximum Gasteiger partial charge on any atom is 0.122 e. The molecule has 0 spiro atoms. The van der Waals surface area contributed by atoms with Crippen LogP contribution in [-0.2, 0) is 0 Å². The van der Waals surface area contributed by atoms with E-state index in [1.165, 1.54) is 38.8 Å². The maximum absolute atomic E-state index is 5.56. The molecule has 2 heterocycles. The molecule has 3 heteroatoms. The lowest BCUT2D eigenvalue weighted by Gasteiger charge is -2.28. The van der Waals surface area contributed by atoms with Crippen molar-refractivity contribution in [1.29, 1.82) is 0 Å². The van der Waals surface area contributed by atoms with Gasteiger partial charge < -0.3 is 9.73 Å². The van der Waals surface area contributed by atoms with Crippen molar-refractivity contribution in [3.63, 3.8) is 0 Å². The van der Waals surface area contributed by atoms with E-state index in [1.54, 1.807) is 6.26 Å². The van der Waals surface area contributed by atoms with Gasteiger partial charge in [-0.25, -0.2) is 0 Å². The van der Waals surface area contributed by atoms with Crippen molar-refractivity contribution in [2.75, 3.05) is 26.7 Å². The first-order chi connectivity index (χ1) is 7.92. The summed E-state index contributed by atoms with van der Waals surface area (Å²) in [5.74, 6) is 1.09. The topological polar surface area (TPSA) is 28.4 Å². The molecule has 1 aromatic rings. The van der Waals surface area contributed by atoms with Crippen LogP contribution in [0.1, 0.15) is 37.5 Å². The lowest BCUT2D eigenvalue weighted by atomic mass is 10.1. The minimum atomic E-state index is 0.401. The molecule has 0 saturated carbocycles. The van der Waals surface area contributed by atoms with Crippen molar-refractivity contribution in [2.24, 2.45) is 0 Å². The quantitative estimate of drug-likeness (QED) is 0.848. The Balaban J connectivity index is 2.05. The van der Waals surface area contributed by atoms with Gasteiger partial charge in [0.1, 0.15) is 5.76 Å². The van der Waals surface area contributed by atoms with Gasteiger partial charge in [-0.1, -0.05) is 12.8 Å². The Bertz CT molecular complexity index is 276. The molecular weight excluding hydrogens is 200 g/mol. The molecule has 3 nitrogen and oxygen atoms in total. The second kappa shape index (κ2) is 6.06. The number of nitrogens with zero attached hydrogens (tertiary/aromatic N) is 1. The minimum Gasteiger partial charge on any atom is -0.468 e. The summed E-state index contributed by atoms with van der Waals surface area (Å²) in [6.07, 6.45) is 7.17. The van der Waals surface area contributed by atoms with Gasteiger partial charge in [0.15, 0.2) is 0 Å². The summed E-state index contributed by atoms with van der Waals surface area (Å²) in [7, 11) is 2.01. The zero-order chi connectivity index (χ0) is 11.2. The van der Waals surface area contributed by atoms with Gasteiger partial charge in [-0.05, 0) is 45.1 Å². The predicted molar refractivity (Wildman–Crippen MR) is 65.4 cm³/mol. The van der Waals surface area contributed by atoms with Crippen molar-refractivity contribution in [1.82, 2.24) is 10.2 Å². The molecule has 1 aromatic heterocycles. The van der Waals surface area contributed by atoms with Crippen LogP contribution in [-0.4, -0.2) is 31.6 Å². The summed E-state index contributed by atoms with van der Waals surface area (Å²) in [6, 6.07) is 4.47. The second-order valence-electron chi connectivity index (χ2n) is 4.54. The molecule has 0 radical (unpaired) electrons. The SMILES string of the molecule is CNCC(c1ccco1)N1CCCCCC1. The van der Waals surface area contributed by atoms with Crippen LogP contribution in [0.4, 0.5) is 0 Å². The van der Waals surface area contributed by atoms with E-state index in [-0.39, 0.29) is 0 Å². The lowest BCUT2D eigenvalue weighted by molar-refractivity contribution is 0.179. The zero-order valence-electron chi connectivity index (χ0n) is 10.1. The van der Waals surface area contributed by atoms with E-state index in [0.717, 1.165) is 12.3 Å². The Morgan fingerprint density at radius 1 is 1.31 bits per heavy atom. The van der Waals surface area contributed by atoms with Gasteiger partial charge in [0.05, 0.1) is 12.3 Å². The first-order valence-electron chi connectivity index (χ1n) is 6.34. The van der Waals surface area contributed by atoms with E-state index in [9.17, 15) is 0 Å². The number of furan rings is 1. The second-order valence-corrected chi connectivity index (χ2v) is 4.54. The van der Waals surface area contributed by atoms with Gasteiger partial charge in [-0.15, -0.1) is 0 Å². The minimum absolute atomic E-state index is 0.401. The first kappa shape index (κ1) is 11.7. The summed E-state index contributed by atoms with van der Waals surface area (Å²) in [5, 5.41) is 3.27. The van der Waals surface area contributed by atoms with Gasteiger partial charge >= 0.3 is 0 Å². The number of rotatable bonds is 4. The number of hydrogen-bond acceptors (Lipinski definition) is 3. The fourth-order valence-corrected chi connectivity index (χ4v) is 2.49. The third kappa shape index (κ3) is 2.86. The van der Waals surface area contributed by atoms with Crippen molar-refractivity contribution < 1.29 is 4.42 Å². The Labute approximate surface area is 97.8 Å². The molecule has 1 fully saturated rings. The van der Waals surface area contributed by atoms with E-state index < -0.39 is 0 Å². The van der Waals surface area contributed by atoms with E-state index in [4.69, 9.17) is 4.42 Å². The molecule has 1 aliphatic heterocycles. The summed E-state index contributed by atoms with van der Waals surface area (Å²) in [4.78, 5) is 2.56. The third-order valence-electron chi connectivity index (χ3n) is 3.35. The average molecular weight is 222 g/mol. The molecule has 1 N–H and O–H groups in total. The number of hydrogen-bond donors (Lipinski definition) is 1. The summed E-state index contributed by atoms with van der Waals surface area (Å²) in [5.41, 5.74) is 0. The molecule has 0 aromatic carbocycles. The Kier molecular flexibility index (Phi) is 4.43. The van der Waals surface area contributed by atoms with Crippen LogP contribution in [0, 0.1) is 0 Å². The molecule has 2 rings (SSSR count). The Hall–Kier alpha value is -0.800. The highest BCUT2D eigenvalue weighted by atomic mass is 16.3. The molecule has 1 saturated heterocycles. The third-order valence-corrected chi connectivity index (χ3v) is 3.35. The van der Waals surface area contributed by atoms with Crippen LogP contribution in [0.25, 0.3) is 0 Å². The van der Waals surface area contributed by atoms with Crippen LogP contribution in [0.3, 0.4) is 0 Å². The lowest BCUT2D eigenvalue weighted by Crippen LogP contribution is -2.35. The molecule has 0 amide bonds. The largest absolute Gasteiger partial charge is 0.468 e. The van der Waals surface area contributed by atoms with Crippen molar-refractivity contribution in [3.8, 4) is 0 Å². The first-order valence-corrected chi connectivity index (χ1v) is 6.34. The van der Waals surface area contributed by atoms with Crippen molar-refractivity contribution in [3.05, 3.63) is 24.2 Å². The van der Waals surface area contributed by atoms with Crippen LogP contribution in [0.5, 0.6) is 0 Å².